The molecule has 4 nitrogen and oxygen atoms in total. The summed E-state index contributed by atoms with van der Waals surface area (Å²) in [5.41, 5.74) is -1.16. The van der Waals surface area contributed by atoms with Crippen molar-refractivity contribution in [2.45, 2.75) is 13.5 Å². The number of hydrogen-bond donors (Lipinski definition) is 1. The van der Waals surface area contributed by atoms with Gasteiger partial charge in [0.25, 0.3) is 0 Å². The second-order valence-electron chi connectivity index (χ2n) is 4.88. The maximum Gasteiger partial charge on any atom is 0.204 e. The number of rotatable bonds is 6. The third-order valence-electron chi connectivity index (χ3n) is 3.58. The summed E-state index contributed by atoms with van der Waals surface area (Å²) in [6.45, 7) is 0.667. The van der Waals surface area contributed by atoms with E-state index in [1.807, 2.05) is 0 Å². The van der Waals surface area contributed by atoms with Crippen LogP contribution >= 0.6 is 0 Å². The maximum absolute atomic E-state index is 14.4. The highest BCUT2D eigenvalue weighted by atomic mass is 19.2. The standard InChI is InChI=1S/C17H16F4O4/c1-4-25-17-14(20)12(18)11(13(19)15(17)21)8-5-6-10(23-2)9(7-22)16(8)24-3/h5-6,22H,4,7H2,1-3H3. The molecule has 2 aromatic carbocycles. The quantitative estimate of drug-likeness (QED) is 0.629. The summed E-state index contributed by atoms with van der Waals surface area (Å²) in [6, 6.07) is 2.48. The Labute approximate surface area is 141 Å². The number of halogens is 4. The van der Waals surface area contributed by atoms with E-state index in [9.17, 15) is 22.7 Å². The molecule has 0 aliphatic heterocycles. The number of ether oxygens (including phenoxy) is 3. The maximum atomic E-state index is 14.4. The Morgan fingerprint density at radius 2 is 1.48 bits per heavy atom. The van der Waals surface area contributed by atoms with Crippen LogP contribution in [0.5, 0.6) is 17.2 Å². The molecule has 0 atom stereocenters. The lowest BCUT2D eigenvalue weighted by atomic mass is 9.98. The summed E-state index contributed by atoms with van der Waals surface area (Å²) in [5.74, 6) is -7.67. The van der Waals surface area contributed by atoms with Crippen LogP contribution in [0.25, 0.3) is 11.1 Å². The zero-order valence-electron chi connectivity index (χ0n) is 13.8. The molecule has 2 aromatic rings. The number of benzene rings is 2. The molecule has 25 heavy (non-hydrogen) atoms. The van der Waals surface area contributed by atoms with E-state index in [-0.39, 0.29) is 29.2 Å². The molecule has 0 heterocycles. The van der Waals surface area contributed by atoms with Gasteiger partial charge in [-0.15, -0.1) is 0 Å². The first-order chi connectivity index (χ1) is 11.9. The predicted molar refractivity (Wildman–Crippen MR) is 81.9 cm³/mol. The summed E-state index contributed by atoms with van der Waals surface area (Å²) in [5, 5.41) is 9.48. The minimum atomic E-state index is -1.65. The van der Waals surface area contributed by atoms with Crippen LogP contribution in [0.1, 0.15) is 12.5 Å². The molecule has 0 saturated heterocycles. The van der Waals surface area contributed by atoms with Crippen molar-refractivity contribution in [3.8, 4) is 28.4 Å². The molecule has 0 aromatic heterocycles. The van der Waals surface area contributed by atoms with Crippen LogP contribution in [0.2, 0.25) is 0 Å². The highest BCUT2D eigenvalue weighted by Crippen LogP contribution is 2.43. The van der Waals surface area contributed by atoms with E-state index in [1.165, 1.54) is 33.3 Å². The Morgan fingerprint density at radius 1 is 0.880 bits per heavy atom. The van der Waals surface area contributed by atoms with Gasteiger partial charge in [-0.05, 0) is 19.1 Å². The first-order valence-corrected chi connectivity index (χ1v) is 7.26. The fourth-order valence-electron chi connectivity index (χ4n) is 2.50. The van der Waals surface area contributed by atoms with Gasteiger partial charge >= 0.3 is 0 Å². The van der Waals surface area contributed by atoms with Crippen LogP contribution in [0, 0.1) is 23.3 Å². The van der Waals surface area contributed by atoms with Crippen molar-refractivity contribution in [1.29, 1.82) is 0 Å². The van der Waals surface area contributed by atoms with Crippen molar-refractivity contribution in [3.63, 3.8) is 0 Å². The zero-order chi connectivity index (χ0) is 18.7. The number of aliphatic hydroxyl groups excluding tert-OH is 1. The lowest BCUT2D eigenvalue weighted by Crippen LogP contribution is -2.07. The molecule has 136 valence electrons. The molecule has 0 spiro atoms. The van der Waals surface area contributed by atoms with Crippen LogP contribution in [-0.4, -0.2) is 25.9 Å². The number of aliphatic hydroxyl groups is 1. The Kier molecular flexibility index (Phi) is 5.73. The van der Waals surface area contributed by atoms with Gasteiger partial charge in [0.2, 0.25) is 11.6 Å². The third kappa shape index (κ3) is 3.09. The summed E-state index contributed by atoms with van der Waals surface area (Å²) in [4.78, 5) is 0. The van der Waals surface area contributed by atoms with Gasteiger partial charge < -0.3 is 19.3 Å². The molecule has 2 rings (SSSR count). The average Bonchev–Trinajstić information content (AvgIpc) is 2.63. The monoisotopic (exact) mass is 360 g/mol. The van der Waals surface area contributed by atoms with E-state index < -0.39 is 41.2 Å². The molecule has 0 amide bonds. The molecule has 8 heteroatoms. The molecule has 0 bridgehead atoms. The Hall–Kier alpha value is -2.48. The first kappa shape index (κ1) is 18.9. The topological polar surface area (TPSA) is 47.9 Å². The normalized spacial score (nSPS) is 10.7. The molecule has 0 fully saturated rings. The van der Waals surface area contributed by atoms with Gasteiger partial charge in [-0.1, -0.05) is 0 Å². The molecule has 1 N–H and O–H groups in total. The van der Waals surface area contributed by atoms with Gasteiger partial charge in [0.15, 0.2) is 17.4 Å². The van der Waals surface area contributed by atoms with Crippen molar-refractivity contribution < 1.29 is 36.9 Å². The molecule has 0 aliphatic rings. The highest BCUT2D eigenvalue weighted by Gasteiger charge is 2.30. The van der Waals surface area contributed by atoms with Gasteiger partial charge in [0.05, 0.1) is 38.6 Å². The van der Waals surface area contributed by atoms with Crippen molar-refractivity contribution in [1.82, 2.24) is 0 Å². The lowest BCUT2D eigenvalue weighted by molar-refractivity contribution is 0.265. The fraction of sp³-hybridized carbons (Fsp3) is 0.294. The molecular formula is C17H16F4O4. The van der Waals surface area contributed by atoms with Gasteiger partial charge in [-0.25, -0.2) is 8.78 Å². The highest BCUT2D eigenvalue weighted by molar-refractivity contribution is 5.76. The molecule has 0 saturated carbocycles. The van der Waals surface area contributed by atoms with E-state index in [0.29, 0.717) is 0 Å². The first-order valence-electron chi connectivity index (χ1n) is 7.26. The van der Waals surface area contributed by atoms with Gasteiger partial charge in [0, 0.05) is 5.56 Å². The smallest absolute Gasteiger partial charge is 0.204 e. The van der Waals surface area contributed by atoms with Crippen molar-refractivity contribution in [3.05, 3.63) is 41.0 Å². The van der Waals surface area contributed by atoms with Crippen molar-refractivity contribution >= 4 is 0 Å². The van der Waals surface area contributed by atoms with Gasteiger partial charge in [-0.3, -0.25) is 0 Å². The predicted octanol–water partition coefficient (Wildman–Crippen LogP) is 3.82. The average molecular weight is 360 g/mol. The van der Waals surface area contributed by atoms with E-state index in [2.05, 4.69) is 4.74 Å². The Morgan fingerprint density at radius 3 is 1.92 bits per heavy atom. The van der Waals surface area contributed by atoms with E-state index in [1.54, 1.807) is 0 Å². The largest absolute Gasteiger partial charge is 0.496 e. The molecule has 0 aliphatic carbocycles. The molecular weight excluding hydrogens is 344 g/mol. The van der Waals surface area contributed by atoms with Crippen molar-refractivity contribution in [2.75, 3.05) is 20.8 Å². The summed E-state index contributed by atoms with van der Waals surface area (Å²) in [7, 11) is 2.51. The second kappa shape index (κ2) is 7.60. The summed E-state index contributed by atoms with van der Waals surface area (Å²) < 4.78 is 71.9. The second-order valence-corrected chi connectivity index (χ2v) is 4.88. The van der Waals surface area contributed by atoms with Crippen LogP contribution in [0.4, 0.5) is 17.6 Å². The van der Waals surface area contributed by atoms with E-state index in [4.69, 9.17) is 9.47 Å². The van der Waals surface area contributed by atoms with Crippen LogP contribution < -0.4 is 14.2 Å². The lowest BCUT2D eigenvalue weighted by Gasteiger charge is -2.18. The minimum absolute atomic E-state index is 0.0796. The fourth-order valence-corrected chi connectivity index (χ4v) is 2.50. The summed E-state index contributed by atoms with van der Waals surface area (Å²) >= 11 is 0. The van der Waals surface area contributed by atoms with Gasteiger partial charge in [-0.2, -0.15) is 8.78 Å². The van der Waals surface area contributed by atoms with Crippen LogP contribution in [0.3, 0.4) is 0 Å². The van der Waals surface area contributed by atoms with E-state index >= 15 is 0 Å². The molecule has 0 unspecified atom stereocenters. The number of hydrogen-bond acceptors (Lipinski definition) is 4. The zero-order valence-corrected chi connectivity index (χ0v) is 13.8. The van der Waals surface area contributed by atoms with E-state index in [0.717, 1.165) is 0 Å². The Bertz CT molecular complexity index is 764. The third-order valence-corrected chi connectivity index (χ3v) is 3.58. The summed E-state index contributed by atoms with van der Waals surface area (Å²) in [6.07, 6.45) is 0. The Balaban J connectivity index is 2.84. The number of methoxy groups -OCH3 is 2. The minimum Gasteiger partial charge on any atom is -0.496 e. The SMILES string of the molecule is CCOc1c(F)c(F)c(-c2ccc(OC)c(CO)c2OC)c(F)c1F. The van der Waals surface area contributed by atoms with Crippen molar-refractivity contribution in [2.24, 2.45) is 0 Å². The van der Waals surface area contributed by atoms with Crippen LogP contribution in [-0.2, 0) is 6.61 Å². The van der Waals surface area contributed by atoms with Gasteiger partial charge in [0.1, 0.15) is 11.5 Å². The van der Waals surface area contributed by atoms with Crippen LogP contribution in [0.15, 0.2) is 12.1 Å². The molecule has 0 radical (unpaired) electrons.